The van der Waals surface area contributed by atoms with Crippen LogP contribution in [0, 0.1) is 11.6 Å². The molecule has 0 amide bonds. The fourth-order valence-corrected chi connectivity index (χ4v) is 2.98. The Morgan fingerprint density at radius 1 is 1.28 bits per heavy atom. The van der Waals surface area contributed by atoms with Crippen LogP contribution in [0.3, 0.4) is 0 Å². The van der Waals surface area contributed by atoms with Gasteiger partial charge in [-0.05, 0) is 24.6 Å². The Hall–Kier alpha value is -1.05. The number of rotatable bonds is 6. The van der Waals surface area contributed by atoms with E-state index in [0.717, 1.165) is 16.4 Å². The summed E-state index contributed by atoms with van der Waals surface area (Å²) >= 11 is 0. The summed E-state index contributed by atoms with van der Waals surface area (Å²) in [7, 11) is -3.85. The van der Waals surface area contributed by atoms with E-state index in [9.17, 15) is 17.2 Å². The molecular formula is C11H15F2NO3S. The highest BCUT2D eigenvalue weighted by atomic mass is 32.2. The number of sulfonamides is 1. The number of benzene rings is 1. The zero-order chi connectivity index (χ0) is 13.8. The van der Waals surface area contributed by atoms with Crippen LogP contribution in [0.1, 0.15) is 13.3 Å². The van der Waals surface area contributed by atoms with Gasteiger partial charge in [-0.1, -0.05) is 6.92 Å². The van der Waals surface area contributed by atoms with Crippen molar-refractivity contribution in [2.45, 2.75) is 18.2 Å². The maximum atomic E-state index is 13.0. The zero-order valence-corrected chi connectivity index (χ0v) is 10.8. The van der Waals surface area contributed by atoms with Gasteiger partial charge in [0.1, 0.15) is 0 Å². The van der Waals surface area contributed by atoms with Crippen LogP contribution in [0.4, 0.5) is 8.78 Å². The van der Waals surface area contributed by atoms with Crippen LogP contribution in [0.25, 0.3) is 0 Å². The van der Waals surface area contributed by atoms with Crippen molar-refractivity contribution in [3.05, 3.63) is 29.8 Å². The molecule has 0 aliphatic rings. The molecule has 0 saturated carbocycles. The first-order valence-corrected chi connectivity index (χ1v) is 6.93. The number of halogens is 2. The fraction of sp³-hybridized carbons (Fsp3) is 0.455. The van der Waals surface area contributed by atoms with Crippen LogP contribution in [-0.2, 0) is 10.0 Å². The van der Waals surface area contributed by atoms with Crippen LogP contribution in [0.5, 0.6) is 0 Å². The van der Waals surface area contributed by atoms with E-state index < -0.39 is 21.7 Å². The molecule has 102 valence electrons. The van der Waals surface area contributed by atoms with Crippen molar-refractivity contribution in [2.75, 3.05) is 19.7 Å². The molecule has 18 heavy (non-hydrogen) atoms. The summed E-state index contributed by atoms with van der Waals surface area (Å²) in [5.41, 5.74) is 0. The lowest BCUT2D eigenvalue weighted by atomic mass is 10.3. The van der Waals surface area contributed by atoms with Gasteiger partial charge in [0.05, 0.1) is 4.90 Å². The molecule has 0 radical (unpaired) electrons. The summed E-state index contributed by atoms with van der Waals surface area (Å²) in [6.45, 7) is 1.83. The Morgan fingerprint density at radius 3 is 2.44 bits per heavy atom. The van der Waals surface area contributed by atoms with Crippen molar-refractivity contribution in [3.63, 3.8) is 0 Å². The van der Waals surface area contributed by atoms with E-state index in [1.807, 2.05) is 0 Å². The van der Waals surface area contributed by atoms with E-state index >= 15 is 0 Å². The Morgan fingerprint density at radius 2 is 1.94 bits per heavy atom. The van der Waals surface area contributed by atoms with Crippen molar-refractivity contribution in [1.82, 2.24) is 4.31 Å². The molecule has 0 saturated heterocycles. The Kier molecular flexibility index (Phi) is 5.18. The van der Waals surface area contributed by atoms with E-state index in [4.69, 9.17) is 5.11 Å². The van der Waals surface area contributed by atoms with Crippen molar-refractivity contribution in [3.8, 4) is 0 Å². The molecule has 0 heterocycles. The average molecular weight is 279 g/mol. The summed E-state index contributed by atoms with van der Waals surface area (Å²) < 4.78 is 51.1. The van der Waals surface area contributed by atoms with Gasteiger partial charge in [0.2, 0.25) is 10.0 Å². The van der Waals surface area contributed by atoms with Gasteiger partial charge in [-0.15, -0.1) is 0 Å². The normalized spacial score (nSPS) is 12.1. The molecule has 1 aromatic rings. The molecular weight excluding hydrogens is 264 g/mol. The van der Waals surface area contributed by atoms with Crippen molar-refractivity contribution in [2.24, 2.45) is 0 Å². The Balaban J connectivity index is 3.06. The maximum absolute atomic E-state index is 13.0. The Labute approximate surface area is 105 Å². The minimum absolute atomic E-state index is 0.133. The minimum atomic E-state index is -3.85. The topological polar surface area (TPSA) is 57.6 Å². The lowest BCUT2D eigenvalue weighted by Crippen LogP contribution is -2.32. The molecule has 1 aromatic carbocycles. The molecule has 1 rings (SSSR count). The van der Waals surface area contributed by atoms with Gasteiger partial charge in [-0.3, -0.25) is 0 Å². The summed E-state index contributed by atoms with van der Waals surface area (Å²) in [6, 6.07) is 2.46. The second kappa shape index (κ2) is 6.21. The summed E-state index contributed by atoms with van der Waals surface area (Å²) in [6.07, 6.45) is 0.288. The smallest absolute Gasteiger partial charge is 0.243 e. The van der Waals surface area contributed by atoms with Crippen molar-refractivity contribution < 1.29 is 22.3 Å². The molecule has 0 spiro atoms. The van der Waals surface area contributed by atoms with Gasteiger partial charge in [0.15, 0.2) is 11.6 Å². The molecule has 7 heteroatoms. The van der Waals surface area contributed by atoms with Crippen LogP contribution in [0.2, 0.25) is 0 Å². The van der Waals surface area contributed by atoms with Crippen molar-refractivity contribution in [1.29, 1.82) is 0 Å². The number of aliphatic hydroxyl groups is 1. The van der Waals surface area contributed by atoms with Gasteiger partial charge in [0, 0.05) is 19.7 Å². The average Bonchev–Trinajstić information content (AvgIpc) is 2.33. The van der Waals surface area contributed by atoms with Crippen LogP contribution in [0.15, 0.2) is 23.1 Å². The first kappa shape index (κ1) is 15.0. The van der Waals surface area contributed by atoms with E-state index in [-0.39, 0.29) is 31.0 Å². The predicted molar refractivity (Wildman–Crippen MR) is 62.5 cm³/mol. The summed E-state index contributed by atoms with van der Waals surface area (Å²) in [4.78, 5) is -0.291. The van der Waals surface area contributed by atoms with Gasteiger partial charge in [0.25, 0.3) is 0 Å². The third-order valence-electron chi connectivity index (χ3n) is 2.45. The minimum Gasteiger partial charge on any atom is -0.396 e. The first-order chi connectivity index (χ1) is 8.43. The molecule has 0 aliphatic heterocycles. The second-order valence-electron chi connectivity index (χ2n) is 3.65. The summed E-state index contributed by atoms with van der Waals surface area (Å²) in [5.74, 6) is -2.29. The van der Waals surface area contributed by atoms with Gasteiger partial charge < -0.3 is 5.11 Å². The van der Waals surface area contributed by atoms with E-state index in [2.05, 4.69) is 0 Å². The lowest BCUT2D eigenvalue weighted by molar-refractivity contribution is 0.271. The molecule has 4 nitrogen and oxygen atoms in total. The number of nitrogens with zero attached hydrogens (tertiary/aromatic N) is 1. The molecule has 1 N–H and O–H groups in total. The van der Waals surface area contributed by atoms with Gasteiger partial charge in [-0.25, -0.2) is 17.2 Å². The second-order valence-corrected chi connectivity index (χ2v) is 5.59. The molecule has 0 aromatic heterocycles. The van der Waals surface area contributed by atoms with Crippen LogP contribution < -0.4 is 0 Å². The molecule has 0 aliphatic carbocycles. The van der Waals surface area contributed by atoms with Crippen LogP contribution in [-0.4, -0.2) is 37.5 Å². The third kappa shape index (κ3) is 3.24. The molecule has 0 unspecified atom stereocenters. The van der Waals surface area contributed by atoms with E-state index in [1.54, 1.807) is 6.92 Å². The SMILES string of the molecule is CCN(CCCO)S(=O)(=O)c1ccc(F)c(F)c1. The highest BCUT2D eigenvalue weighted by molar-refractivity contribution is 7.89. The first-order valence-electron chi connectivity index (χ1n) is 5.49. The quantitative estimate of drug-likeness (QED) is 0.855. The number of hydrogen-bond acceptors (Lipinski definition) is 3. The largest absolute Gasteiger partial charge is 0.396 e. The standard InChI is InChI=1S/C11H15F2NO3S/c1-2-14(6-3-7-15)18(16,17)9-4-5-10(12)11(13)8-9/h4-5,8,15H,2-3,6-7H2,1H3. The number of hydrogen-bond donors (Lipinski definition) is 1. The van der Waals surface area contributed by atoms with Gasteiger partial charge in [-0.2, -0.15) is 4.31 Å². The fourth-order valence-electron chi connectivity index (χ4n) is 1.48. The van der Waals surface area contributed by atoms with E-state index in [0.29, 0.717) is 6.07 Å². The van der Waals surface area contributed by atoms with E-state index in [1.165, 1.54) is 0 Å². The molecule has 0 fully saturated rings. The lowest BCUT2D eigenvalue weighted by Gasteiger charge is -2.20. The number of aliphatic hydroxyl groups excluding tert-OH is 1. The molecule has 0 bridgehead atoms. The monoisotopic (exact) mass is 279 g/mol. The highest BCUT2D eigenvalue weighted by Crippen LogP contribution is 2.18. The Bertz CT molecular complexity index is 505. The van der Waals surface area contributed by atoms with Crippen molar-refractivity contribution >= 4 is 10.0 Å². The maximum Gasteiger partial charge on any atom is 0.243 e. The molecule has 0 atom stereocenters. The highest BCUT2D eigenvalue weighted by Gasteiger charge is 2.23. The predicted octanol–water partition coefficient (Wildman–Crippen LogP) is 1.36. The summed E-state index contributed by atoms with van der Waals surface area (Å²) in [5, 5.41) is 8.70. The third-order valence-corrected chi connectivity index (χ3v) is 4.42. The van der Waals surface area contributed by atoms with Crippen LogP contribution >= 0.6 is 0 Å². The zero-order valence-electron chi connectivity index (χ0n) is 9.94. The van der Waals surface area contributed by atoms with Gasteiger partial charge >= 0.3 is 0 Å².